The van der Waals surface area contributed by atoms with Crippen LogP contribution in [-0.4, -0.2) is 29.2 Å². The predicted octanol–water partition coefficient (Wildman–Crippen LogP) is 1.28. The predicted molar refractivity (Wildman–Crippen MR) is 67.5 cm³/mol. The van der Waals surface area contributed by atoms with Crippen LogP contribution in [0.5, 0.6) is 0 Å². The zero-order valence-corrected chi connectivity index (χ0v) is 10.0. The molecule has 0 saturated carbocycles. The van der Waals surface area contributed by atoms with E-state index in [0.717, 1.165) is 0 Å². The first-order valence-corrected chi connectivity index (χ1v) is 6.09. The van der Waals surface area contributed by atoms with Crippen LogP contribution in [0, 0.1) is 11.8 Å². The molecule has 19 heavy (non-hydrogen) atoms. The summed E-state index contributed by atoms with van der Waals surface area (Å²) in [6.07, 6.45) is 2.55. The molecule has 2 aliphatic heterocycles. The highest BCUT2D eigenvalue weighted by Crippen LogP contribution is 2.39. The van der Waals surface area contributed by atoms with E-state index in [4.69, 9.17) is 4.74 Å². The van der Waals surface area contributed by atoms with Gasteiger partial charge in [-0.2, -0.15) is 0 Å². The molecule has 2 bridgehead atoms. The van der Waals surface area contributed by atoms with Crippen molar-refractivity contribution in [2.24, 2.45) is 11.8 Å². The van der Waals surface area contributed by atoms with Gasteiger partial charge in [0.1, 0.15) is 5.92 Å². The molecule has 5 heteroatoms. The summed E-state index contributed by atoms with van der Waals surface area (Å²) in [5.74, 6) is -2.79. The highest BCUT2D eigenvalue weighted by atomic mass is 16.5. The van der Waals surface area contributed by atoms with Gasteiger partial charge in [0.25, 0.3) is 0 Å². The lowest BCUT2D eigenvalue weighted by atomic mass is 9.82. The average Bonchev–Trinajstić information content (AvgIpc) is 2.99. The maximum Gasteiger partial charge on any atom is 0.310 e. The van der Waals surface area contributed by atoms with Gasteiger partial charge in [-0.25, -0.2) is 0 Å². The van der Waals surface area contributed by atoms with Crippen molar-refractivity contribution in [3.05, 3.63) is 42.5 Å². The Labute approximate surface area is 109 Å². The molecule has 0 aromatic heterocycles. The summed E-state index contributed by atoms with van der Waals surface area (Å²) in [7, 11) is 0. The molecule has 1 fully saturated rings. The lowest BCUT2D eigenvalue weighted by Gasteiger charge is -2.20. The summed E-state index contributed by atoms with van der Waals surface area (Å²) >= 11 is 0. The van der Waals surface area contributed by atoms with E-state index >= 15 is 0 Å². The Hall–Kier alpha value is -2.14. The molecule has 1 aromatic carbocycles. The zero-order valence-electron chi connectivity index (χ0n) is 10.0. The fraction of sp³-hybridized carbons (Fsp3) is 0.286. The van der Waals surface area contributed by atoms with E-state index in [0.29, 0.717) is 5.69 Å². The first kappa shape index (κ1) is 11.9. The summed E-state index contributed by atoms with van der Waals surface area (Å²) < 4.78 is 5.46. The zero-order chi connectivity index (χ0) is 13.4. The van der Waals surface area contributed by atoms with Gasteiger partial charge in [-0.05, 0) is 12.1 Å². The Kier molecular flexibility index (Phi) is 2.83. The van der Waals surface area contributed by atoms with Gasteiger partial charge < -0.3 is 15.2 Å². The van der Waals surface area contributed by atoms with Gasteiger partial charge >= 0.3 is 5.97 Å². The second-order valence-electron chi connectivity index (χ2n) is 4.70. The van der Waals surface area contributed by atoms with Crippen LogP contribution in [0.1, 0.15) is 0 Å². The third-order valence-electron chi connectivity index (χ3n) is 3.53. The Bertz CT molecular complexity index is 540. The molecule has 1 amide bonds. The number of anilines is 1. The van der Waals surface area contributed by atoms with Crippen molar-refractivity contribution in [1.82, 2.24) is 0 Å². The second kappa shape index (κ2) is 4.51. The van der Waals surface area contributed by atoms with Crippen LogP contribution in [0.2, 0.25) is 0 Å². The van der Waals surface area contributed by atoms with E-state index < -0.39 is 30.0 Å². The number of carbonyl (C=O) groups is 2. The molecule has 98 valence electrons. The van der Waals surface area contributed by atoms with Gasteiger partial charge in [-0.15, -0.1) is 0 Å². The Balaban J connectivity index is 1.79. The molecule has 0 aliphatic carbocycles. The summed E-state index contributed by atoms with van der Waals surface area (Å²) in [5, 5.41) is 12.0. The maximum atomic E-state index is 12.2. The second-order valence-corrected chi connectivity index (χ2v) is 4.70. The van der Waals surface area contributed by atoms with Crippen molar-refractivity contribution in [1.29, 1.82) is 0 Å². The minimum Gasteiger partial charge on any atom is -0.481 e. The van der Waals surface area contributed by atoms with E-state index in [-0.39, 0.29) is 5.91 Å². The van der Waals surface area contributed by atoms with E-state index in [1.54, 1.807) is 24.3 Å². The maximum absolute atomic E-state index is 12.2. The number of benzene rings is 1. The van der Waals surface area contributed by atoms with Crippen molar-refractivity contribution < 1.29 is 19.4 Å². The van der Waals surface area contributed by atoms with Crippen molar-refractivity contribution in [3.63, 3.8) is 0 Å². The first-order valence-electron chi connectivity index (χ1n) is 6.09. The van der Waals surface area contributed by atoms with Gasteiger partial charge in [-0.3, -0.25) is 9.59 Å². The monoisotopic (exact) mass is 259 g/mol. The van der Waals surface area contributed by atoms with Crippen LogP contribution < -0.4 is 5.32 Å². The van der Waals surface area contributed by atoms with Crippen molar-refractivity contribution in [2.45, 2.75) is 12.2 Å². The number of amides is 1. The SMILES string of the molecule is O=C(Nc1ccccc1)[C@@H]1[C@H](C(=O)O)[C@@H]2C=C[C@H]1O2. The average molecular weight is 259 g/mol. The molecule has 0 unspecified atom stereocenters. The van der Waals surface area contributed by atoms with Gasteiger partial charge in [0.05, 0.1) is 18.1 Å². The standard InChI is InChI=1S/C14H13NO4/c16-13(15-8-4-2-1-3-5-8)11-9-6-7-10(19-9)12(11)14(17)18/h1-7,9-12H,(H,15,16)(H,17,18)/t9-,10+,11+,12-/m1/s1. The number of ether oxygens (including phenoxy) is 1. The number of aliphatic carboxylic acids is 1. The molecular weight excluding hydrogens is 246 g/mol. The summed E-state index contributed by atoms with van der Waals surface area (Å²) in [6.45, 7) is 0. The number of para-hydroxylation sites is 1. The Morgan fingerprint density at radius 2 is 1.68 bits per heavy atom. The fourth-order valence-electron chi connectivity index (χ4n) is 2.66. The highest BCUT2D eigenvalue weighted by Gasteiger charge is 2.53. The first-order chi connectivity index (χ1) is 9.16. The van der Waals surface area contributed by atoms with Crippen LogP contribution in [-0.2, 0) is 14.3 Å². The molecule has 1 saturated heterocycles. The molecule has 4 atom stereocenters. The van der Waals surface area contributed by atoms with Crippen LogP contribution in [0.15, 0.2) is 42.5 Å². The largest absolute Gasteiger partial charge is 0.481 e. The smallest absolute Gasteiger partial charge is 0.310 e. The van der Waals surface area contributed by atoms with E-state index in [1.165, 1.54) is 0 Å². The number of carbonyl (C=O) groups excluding carboxylic acids is 1. The number of nitrogens with one attached hydrogen (secondary N) is 1. The summed E-state index contributed by atoms with van der Waals surface area (Å²) in [5.41, 5.74) is 0.656. The number of hydrogen-bond donors (Lipinski definition) is 2. The van der Waals surface area contributed by atoms with Gasteiger partial charge in [0.2, 0.25) is 5.91 Å². The molecule has 2 heterocycles. The van der Waals surface area contributed by atoms with Crippen molar-refractivity contribution in [2.75, 3.05) is 5.32 Å². The van der Waals surface area contributed by atoms with E-state index in [1.807, 2.05) is 18.2 Å². The molecule has 2 aliphatic rings. The van der Waals surface area contributed by atoms with Gasteiger partial charge in [-0.1, -0.05) is 30.4 Å². The quantitative estimate of drug-likeness (QED) is 0.802. The number of rotatable bonds is 3. The van der Waals surface area contributed by atoms with Crippen LogP contribution in [0.25, 0.3) is 0 Å². The van der Waals surface area contributed by atoms with Gasteiger partial charge in [0.15, 0.2) is 0 Å². The molecule has 0 spiro atoms. The normalized spacial score (nSPS) is 31.4. The van der Waals surface area contributed by atoms with E-state index in [9.17, 15) is 14.7 Å². The molecule has 0 radical (unpaired) electrons. The fourth-order valence-corrected chi connectivity index (χ4v) is 2.66. The lowest BCUT2D eigenvalue weighted by Crippen LogP contribution is -2.39. The topological polar surface area (TPSA) is 75.6 Å². The van der Waals surface area contributed by atoms with E-state index in [2.05, 4.69) is 5.32 Å². The Morgan fingerprint density at radius 3 is 2.32 bits per heavy atom. The van der Waals surface area contributed by atoms with Crippen LogP contribution in [0.4, 0.5) is 5.69 Å². The number of carboxylic acid groups (broad SMARTS) is 1. The van der Waals surface area contributed by atoms with Gasteiger partial charge in [0, 0.05) is 5.69 Å². The molecule has 3 rings (SSSR count). The Morgan fingerprint density at radius 1 is 1.05 bits per heavy atom. The molecular formula is C14H13NO4. The third-order valence-corrected chi connectivity index (χ3v) is 3.53. The summed E-state index contributed by atoms with van der Waals surface area (Å²) in [4.78, 5) is 23.5. The lowest BCUT2D eigenvalue weighted by molar-refractivity contribution is -0.145. The van der Waals surface area contributed by atoms with Crippen molar-refractivity contribution >= 4 is 17.6 Å². The summed E-state index contributed by atoms with van der Waals surface area (Å²) in [6, 6.07) is 8.98. The number of fused-ring (bicyclic) bond motifs is 2. The third kappa shape index (κ3) is 2.02. The molecule has 5 nitrogen and oxygen atoms in total. The molecule has 1 aromatic rings. The highest BCUT2D eigenvalue weighted by molar-refractivity contribution is 5.96. The minimum absolute atomic E-state index is 0.310. The van der Waals surface area contributed by atoms with Crippen LogP contribution in [0.3, 0.4) is 0 Å². The van der Waals surface area contributed by atoms with Crippen molar-refractivity contribution in [3.8, 4) is 0 Å². The molecule has 2 N–H and O–H groups in total. The minimum atomic E-state index is -0.995. The number of carboxylic acids is 1. The van der Waals surface area contributed by atoms with Crippen LogP contribution >= 0.6 is 0 Å². The number of hydrogen-bond acceptors (Lipinski definition) is 3.